The van der Waals surface area contributed by atoms with Crippen LogP contribution in [0.5, 0.6) is 0 Å². The molecule has 16 heavy (non-hydrogen) atoms. The van der Waals surface area contributed by atoms with Gasteiger partial charge in [-0.1, -0.05) is 39.2 Å². The largest absolute Gasteiger partial charge is 0.750 e. The van der Waals surface area contributed by atoms with Crippen molar-refractivity contribution in [2.75, 3.05) is 6.61 Å². The molecule has 0 saturated carbocycles. The molecule has 0 fully saturated rings. The number of carbonyl (C=O) groups is 1. The predicted octanol–water partition coefficient (Wildman–Crippen LogP) is 1.43. The van der Waals surface area contributed by atoms with Crippen molar-refractivity contribution in [3.63, 3.8) is 0 Å². The Morgan fingerprint density at radius 2 is 1.94 bits per heavy atom. The van der Waals surface area contributed by atoms with E-state index in [2.05, 4.69) is 23.4 Å². The number of rotatable bonds is 8. The van der Waals surface area contributed by atoms with Crippen LogP contribution in [-0.2, 0) is 20.3 Å². The second-order valence-electron chi connectivity index (χ2n) is 3.05. The van der Waals surface area contributed by atoms with Gasteiger partial charge in [-0.3, -0.25) is 4.79 Å². The van der Waals surface area contributed by atoms with Crippen molar-refractivity contribution >= 4 is 17.3 Å². The first kappa shape index (κ1) is 17.7. The molecule has 0 radical (unpaired) electrons. The fourth-order valence-electron chi connectivity index (χ4n) is 0.833. The highest BCUT2D eigenvalue weighted by molar-refractivity contribution is 7.74. The fraction of sp³-hybridized carbons (Fsp3) is 0.700. The standard InChI is InChI=1S/C7H16O3S.C3H5NO/c1-2-3-4-5-6-7-10-11(8)9;1-2-3(4)5/h2-7H2,1H3,(H,8,9);2H,1H2,(H2,4,5)/p-1. The molecule has 5 nitrogen and oxygen atoms in total. The minimum absolute atomic E-state index is 0.333. The van der Waals surface area contributed by atoms with E-state index in [-0.39, 0.29) is 0 Å². The molecule has 1 amide bonds. The topological polar surface area (TPSA) is 92.5 Å². The third-order valence-electron chi connectivity index (χ3n) is 1.63. The first-order chi connectivity index (χ1) is 7.54. The van der Waals surface area contributed by atoms with E-state index in [1.165, 1.54) is 19.3 Å². The Bertz CT molecular complexity index is 209. The second-order valence-corrected chi connectivity index (χ2v) is 3.69. The number of amides is 1. The fourth-order valence-corrected chi connectivity index (χ4v) is 1.09. The van der Waals surface area contributed by atoms with Gasteiger partial charge in [-0.25, -0.2) is 4.21 Å². The van der Waals surface area contributed by atoms with Crippen molar-refractivity contribution in [1.29, 1.82) is 0 Å². The Kier molecular flexibility index (Phi) is 15.8. The van der Waals surface area contributed by atoms with Crippen molar-refractivity contribution in [3.8, 4) is 0 Å². The van der Waals surface area contributed by atoms with Crippen molar-refractivity contribution < 1.29 is 17.7 Å². The first-order valence-electron chi connectivity index (χ1n) is 5.19. The van der Waals surface area contributed by atoms with Crippen LogP contribution in [0.1, 0.15) is 39.0 Å². The summed E-state index contributed by atoms with van der Waals surface area (Å²) < 4.78 is 24.1. The van der Waals surface area contributed by atoms with Gasteiger partial charge >= 0.3 is 0 Å². The van der Waals surface area contributed by atoms with E-state index in [9.17, 15) is 13.6 Å². The summed E-state index contributed by atoms with van der Waals surface area (Å²) >= 11 is -2.32. The van der Waals surface area contributed by atoms with E-state index in [1.54, 1.807) is 0 Å². The van der Waals surface area contributed by atoms with E-state index in [0.717, 1.165) is 18.9 Å². The third kappa shape index (κ3) is 23.3. The van der Waals surface area contributed by atoms with Gasteiger partial charge in [0, 0.05) is 0 Å². The molecule has 0 saturated heterocycles. The monoisotopic (exact) mass is 250 g/mol. The lowest BCUT2D eigenvalue weighted by Gasteiger charge is -2.04. The molecule has 6 heteroatoms. The minimum Gasteiger partial charge on any atom is -0.750 e. The summed E-state index contributed by atoms with van der Waals surface area (Å²) in [6, 6.07) is 0. The molecule has 0 heterocycles. The molecule has 1 unspecified atom stereocenters. The van der Waals surface area contributed by atoms with E-state index in [0.29, 0.717) is 6.61 Å². The number of hydrogen-bond acceptors (Lipinski definition) is 4. The summed E-state index contributed by atoms with van der Waals surface area (Å²) in [5.74, 6) is -0.481. The Balaban J connectivity index is 0. The van der Waals surface area contributed by atoms with Crippen LogP contribution in [0.3, 0.4) is 0 Å². The molecule has 0 spiro atoms. The zero-order valence-corrected chi connectivity index (χ0v) is 10.5. The average Bonchev–Trinajstić information content (AvgIpc) is 2.23. The molecule has 0 aliphatic rings. The van der Waals surface area contributed by atoms with Gasteiger partial charge in [0.1, 0.15) is 0 Å². The Labute approximate surface area is 99.5 Å². The molecule has 0 aromatic rings. The van der Waals surface area contributed by atoms with Crippen molar-refractivity contribution in [2.45, 2.75) is 39.0 Å². The Morgan fingerprint density at radius 1 is 1.44 bits per heavy atom. The smallest absolute Gasteiger partial charge is 0.240 e. The highest BCUT2D eigenvalue weighted by Crippen LogP contribution is 2.02. The molecule has 1 atom stereocenters. The lowest BCUT2D eigenvalue weighted by atomic mass is 10.2. The van der Waals surface area contributed by atoms with Crippen LogP contribution >= 0.6 is 0 Å². The van der Waals surface area contributed by atoms with E-state index in [4.69, 9.17) is 0 Å². The second kappa shape index (κ2) is 14.3. The summed E-state index contributed by atoms with van der Waals surface area (Å²) in [5.41, 5.74) is 4.53. The first-order valence-corrected chi connectivity index (χ1v) is 6.19. The normalized spacial score (nSPS) is 11.1. The van der Waals surface area contributed by atoms with E-state index < -0.39 is 17.3 Å². The molecular formula is C10H20NO4S-. The highest BCUT2D eigenvalue weighted by Gasteiger charge is 1.88. The zero-order valence-electron chi connectivity index (χ0n) is 9.65. The lowest BCUT2D eigenvalue weighted by Crippen LogP contribution is -2.04. The van der Waals surface area contributed by atoms with Crippen LogP contribution in [0.25, 0.3) is 0 Å². The molecule has 0 aromatic heterocycles. The predicted molar refractivity (Wildman–Crippen MR) is 63.0 cm³/mol. The maximum absolute atomic E-state index is 9.87. The highest BCUT2D eigenvalue weighted by atomic mass is 32.2. The quantitative estimate of drug-likeness (QED) is 0.400. The maximum Gasteiger partial charge on any atom is 0.240 e. The lowest BCUT2D eigenvalue weighted by molar-refractivity contribution is -0.113. The van der Waals surface area contributed by atoms with Crippen LogP contribution in [0.15, 0.2) is 12.7 Å². The number of hydrogen-bond donors (Lipinski definition) is 1. The number of nitrogens with two attached hydrogens (primary N) is 1. The van der Waals surface area contributed by atoms with Crippen LogP contribution in [0, 0.1) is 0 Å². The van der Waals surface area contributed by atoms with Crippen molar-refractivity contribution in [1.82, 2.24) is 0 Å². The number of primary amides is 1. The average molecular weight is 250 g/mol. The summed E-state index contributed by atoms with van der Waals surface area (Å²) in [6.07, 6.45) is 6.55. The van der Waals surface area contributed by atoms with Crippen molar-refractivity contribution in [2.24, 2.45) is 5.73 Å². The Hall–Kier alpha value is -0.720. The van der Waals surface area contributed by atoms with Gasteiger partial charge in [0.15, 0.2) is 0 Å². The van der Waals surface area contributed by atoms with Gasteiger partial charge in [-0.2, -0.15) is 0 Å². The summed E-state index contributed by atoms with van der Waals surface area (Å²) in [4.78, 5) is 9.47. The van der Waals surface area contributed by atoms with Gasteiger partial charge in [-0.05, 0) is 12.5 Å². The molecule has 96 valence electrons. The molecule has 0 aromatic carbocycles. The number of unbranched alkanes of at least 4 members (excludes halogenated alkanes) is 4. The summed E-state index contributed by atoms with van der Waals surface area (Å²) in [7, 11) is 0. The molecule has 2 N–H and O–H groups in total. The molecule has 0 aliphatic carbocycles. The SMILES string of the molecule is C=CC(N)=O.CCCCCCCOS(=O)[O-]. The van der Waals surface area contributed by atoms with Gasteiger partial charge in [-0.15, -0.1) is 0 Å². The third-order valence-corrected chi connectivity index (χ3v) is 1.99. The van der Waals surface area contributed by atoms with Crippen LogP contribution in [-0.4, -0.2) is 21.3 Å². The van der Waals surface area contributed by atoms with Crippen LogP contribution < -0.4 is 5.73 Å². The minimum atomic E-state index is -2.32. The molecule has 0 aliphatic heterocycles. The van der Waals surface area contributed by atoms with Gasteiger partial charge in [0.25, 0.3) is 0 Å². The molecule has 0 bridgehead atoms. The molecule has 0 rings (SSSR count). The van der Waals surface area contributed by atoms with Gasteiger partial charge in [0.05, 0.1) is 18.0 Å². The van der Waals surface area contributed by atoms with E-state index in [1.807, 2.05) is 0 Å². The maximum atomic E-state index is 9.87. The van der Waals surface area contributed by atoms with Gasteiger partial charge < -0.3 is 14.5 Å². The van der Waals surface area contributed by atoms with Gasteiger partial charge in [0.2, 0.25) is 5.91 Å². The van der Waals surface area contributed by atoms with Crippen LogP contribution in [0.4, 0.5) is 0 Å². The van der Waals surface area contributed by atoms with Crippen molar-refractivity contribution in [3.05, 3.63) is 12.7 Å². The zero-order chi connectivity index (χ0) is 12.8. The number of carbonyl (C=O) groups excluding carboxylic acids is 1. The van der Waals surface area contributed by atoms with Crippen LogP contribution in [0.2, 0.25) is 0 Å². The summed E-state index contributed by atoms with van der Waals surface area (Å²) in [6.45, 7) is 5.56. The van der Waals surface area contributed by atoms with E-state index >= 15 is 0 Å². The molecular weight excluding hydrogens is 230 g/mol. The Morgan fingerprint density at radius 3 is 2.31 bits per heavy atom. The summed E-state index contributed by atoms with van der Waals surface area (Å²) in [5, 5.41) is 0.